The highest BCUT2D eigenvalue weighted by Crippen LogP contribution is 2.30. The van der Waals surface area contributed by atoms with Gasteiger partial charge in [0.05, 0.1) is 4.88 Å². The van der Waals surface area contributed by atoms with E-state index in [4.69, 9.17) is 12.2 Å². The van der Waals surface area contributed by atoms with Crippen molar-refractivity contribution in [2.45, 2.75) is 13.8 Å². The van der Waals surface area contributed by atoms with Crippen LogP contribution >= 0.6 is 35.3 Å². The van der Waals surface area contributed by atoms with E-state index in [9.17, 15) is 4.79 Å². The molecule has 0 amide bonds. The van der Waals surface area contributed by atoms with Crippen molar-refractivity contribution in [2.75, 3.05) is 13.1 Å². The molecule has 0 unspecified atom stereocenters. The molecule has 0 fully saturated rings. The van der Waals surface area contributed by atoms with Crippen LogP contribution < -0.4 is 0 Å². The van der Waals surface area contributed by atoms with Crippen LogP contribution in [-0.2, 0) is 0 Å². The van der Waals surface area contributed by atoms with Crippen molar-refractivity contribution >= 4 is 50.3 Å². The molecule has 0 saturated heterocycles. The van der Waals surface area contributed by atoms with Gasteiger partial charge in [0, 0.05) is 24.1 Å². The number of thiophene rings is 1. The van der Waals surface area contributed by atoms with E-state index in [0.29, 0.717) is 0 Å². The van der Waals surface area contributed by atoms with Gasteiger partial charge >= 0.3 is 0 Å². The molecule has 1 aromatic heterocycles. The standard InChI is InChI=1S/C18H19NOS3/c1-3-19(4-2)18(21)23-17(14-9-6-5-7-10-14)13-15(20)16-11-8-12-22-16/h5-13H,3-4H2,1-2H3/b17-13-. The molecular formula is C18H19NOS3. The monoisotopic (exact) mass is 361 g/mol. The van der Waals surface area contributed by atoms with Gasteiger partial charge in [-0.1, -0.05) is 60.4 Å². The van der Waals surface area contributed by atoms with Crippen molar-refractivity contribution in [1.29, 1.82) is 0 Å². The van der Waals surface area contributed by atoms with E-state index in [1.54, 1.807) is 6.08 Å². The third-order valence-corrected chi connectivity index (χ3v) is 5.70. The fourth-order valence-corrected chi connectivity index (χ4v) is 4.18. The summed E-state index contributed by atoms with van der Waals surface area (Å²) < 4.78 is 0.795. The van der Waals surface area contributed by atoms with Crippen molar-refractivity contribution < 1.29 is 4.79 Å². The average molecular weight is 362 g/mol. The van der Waals surface area contributed by atoms with Crippen molar-refractivity contribution in [3.8, 4) is 0 Å². The van der Waals surface area contributed by atoms with Crippen molar-refractivity contribution in [2.24, 2.45) is 0 Å². The molecule has 0 radical (unpaired) electrons. The Morgan fingerprint density at radius 3 is 2.43 bits per heavy atom. The second kappa shape index (κ2) is 9.01. The second-order valence-electron chi connectivity index (χ2n) is 4.76. The van der Waals surface area contributed by atoms with Gasteiger partial charge < -0.3 is 4.90 Å². The number of hydrogen-bond acceptors (Lipinski definition) is 4. The first-order valence-corrected chi connectivity index (χ1v) is 9.57. The maximum atomic E-state index is 12.4. The SMILES string of the molecule is CCN(CC)C(=S)S/C(=C\C(=O)c1cccs1)c1ccccc1. The Hall–Kier alpha value is -1.43. The summed E-state index contributed by atoms with van der Waals surface area (Å²) in [6.45, 7) is 5.89. The largest absolute Gasteiger partial charge is 0.358 e. The topological polar surface area (TPSA) is 20.3 Å². The molecule has 0 saturated carbocycles. The van der Waals surface area contributed by atoms with Crippen LogP contribution in [0.25, 0.3) is 4.91 Å². The van der Waals surface area contributed by atoms with Gasteiger partial charge in [-0.2, -0.15) is 0 Å². The number of ketones is 1. The fraction of sp³-hybridized carbons (Fsp3) is 0.222. The van der Waals surface area contributed by atoms with Gasteiger partial charge in [0.2, 0.25) is 0 Å². The Morgan fingerprint density at radius 1 is 1.17 bits per heavy atom. The van der Waals surface area contributed by atoms with Gasteiger partial charge in [-0.05, 0) is 30.9 Å². The number of carbonyl (C=O) groups excluding carboxylic acids is 1. The van der Waals surface area contributed by atoms with Crippen molar-refractivity contribution in [3.63, 3.8) is 0 Å². The van der Waals surface area contributed by atoms with Gasteiger partial charge in [-0.25, -0.2) is 0 Å². The van der Waals surface area contributed by atoms with Crippen LogP contribution in [0, 0.1) is 0 Å². The molecule has 1 aromatic carbocycles. The first-order chi connectivity index (χ1) is 11.2. The van der Waals surface area contributed by atoms with E-state index in [2.05, 4.69) is 18.7 Å². The third kappa shape index (κ3) is 5.03. The number of rotatable bonds is 6. The number of thioether (sulfide) groups is 1. The second-order valence-corrected chi connectivity index (χ2v) is 7.38. The number of carbonyl (C=O) groups is 1. The Labute approximate surface area is 151 Å². The maximum absolute atomic E-state index is 12.4. The number of benzene rings is 1. The predicted molar refractivity (Wildman–Crippen MR) is 106 cm³/mol. The summed E-state index contributed by atoms with van der Waals surface area (Å²) in [5.74, 6) is 0.0219. The van der Waals surface area contributed by atoms with E-state index in [1.807, 2.05) is 47.8 Å². The van der Waals surface area contributed by atoms with E-state index >= 15 is 0 Å². The summed E-state index contributed by atoms with van der Waals surface area (Å²) in [7, 11) is 0. The molecule has 0 aliphatic heterocycles. The number of nitrogens with zero attached hydrogens (tertiary/aromatic N) is 1. The minimum Gasteiger partial charge on any atom is -0.358 e. The summed E-state index contributed by atoms with van der Waals surface area (Å²) in [4.78, 5) is 16.2. The van der Waals surface area contributed by atoms with E-state index in [1.165, 1.54) is 23.1 Å². The lowest BCUT2D eigenvalue weighted by Crippen LogP contribution is -2.26. The van der Waals surface area contributed by atoms with E-state index < -0.39 is 0 Å². The van der Waals surface area contributed by atoms with E-state index in [0.717, 1.165) is 32.8 Å². The molecule has 0 atom stereocenters. The maximum Gasteiger partial charge on any atom is 0.196 e. The average Bonchev–Trinajstić information content (AvgIpc) is 3.11. The van der Waals surface area contributed by atoms with Crippen LogP contribution in [0.5, 0.6) is 0 Å². The van der Waals surface area contributed by atoms with Gasteiger partial charge in [0.25, 0.3) is 0 Å². The Kier molecular flexibility index (Phi) is 7.02. The number of allylic oxidation sites excluding steroid dienone is 1. The summed E-state index contributed by atoms with van der Waals surface area (Å²) in [6, 6.07) is 13.7. The number of thiocarbonyl (C=S) groups is 1. The zero-order chi connectivity index (χ0) is 16.7. The quantitative estimate of drug-likeness (QED) is 0.393. The molecule has 0 N–H and O–H groups in total. The normalized spacial score (nSPS) is 11.3. The smallest absolute Gasteiger partial charge is 0.196 e. The van der Waals surface area contributed by atoms with Crippen LogP contribution in [0.4, 0.5) is 0 Å². The lowest BCUT2D eigenvalue weighted by Gasteiger charge is -2.21. The Bertz CT molecular complexity index is 674. The molecule has 120 valence electrons. The highest BCUT2D eigenvalue weighted by atomic mass is 32.2. The van der Waals surface area contributed by atoms with Gasteiger partial charge in [-0.3, -0.25) is 4.79 Å². The fourth-order valence-electron chi connectivity index (χ4n) is 2.02. The van der Waals surface area contributed by atoms with Crippen LogP contribution in [0.3, 0.4) is 0 Å². The van der Waals surface area contributed by atoms with Crippen LogP contribution in [-0.4, -0.2) is 28.1 Å². The lowest BCUT2D eigenvalue weighted by molar-refractivity contribution is 0.105. The van der Waals surface area contributed by atoms with Gasteiger partial charge in [0.15, 0.2) is 5.78 Å². The molecule has 23 heavy (non-hydrogen) atoms. The summed E-state index contributed by atoms with van der Waals surface area (Å²) >= 11 is 8.48. The lowest BCUT2D eigenvalue weighted by atomic mass is 10.2. The molecular weight excluding hydrogens is 342 g/mol. The zero-order valence-corrected chi connectivity index (χ0v) is 15.6. The van der Waals surface area contributed by atoms with Crippen LogP contribution in [0.15, 0.2) is 53.9 Å². The predicted octanol–water partition coefficient (Wildman–Crippen LogP) is 5.33. The molecule has 2 nitrogen and oxygen atoms in total. The van der Waals surface area contributed by atoms with Gasteiger partial charge in [-0.15, -0.1) is 11.3 Å². The van der Waals surface area contributed by atoms with Crippen molar-refractivity contribution in [3.05, 3.63) is 64.4 Å². The first kappa shape index (κ1) is 17.9. The van der Waals surface area contributed by atoms with Gasteiger partial charge in [0.1, 0.15) is 4.32 Å². The Balaban J connectivity index is 2.29. The summed E-state index contributed by atoms with van der Waals surface area (Å²) in [6.07, 6.45) is 1.70. The molecule has 5 heteroatoms. The highest BCUT2D eigenvalue weighted by molar-refractivity contribution is 8.29. The third-order valence-electron chi connectivity index (χ3n) is 3.30. The first-order valence-electron chi connectivity index (χ1n) is 7.47. The Morgan fingerprint density at radius 2 is 1.87 bits per heavy atom. The van der Waals surface area contributed by atoms with Crippen molar-refractivity contribution in [1.82, 2.24) is 4.90 Å². The highest BCUT2D eigenvalue weighted by Gasteiger charge is 2.13. The minimum atomic E-state index is 0.0219. The number of hydrogen-bond donors (Lipinski definition) is 0. The molecule has 2 aromatic rings. The van der Waals surface area contributed by atoms with Crippen LogP contribution in [0.2, 0.25) is 0 Å². The molecule has 0 bridgehead atoms. The van der Waals surface area contributed by atoms with E-state index in [-0.39, 0.29) is 5.78 Å². The molecule has 2 rings (SSSR count). The zero-order valence-electron chi connectivity index (χ0n) is 13.2. The van der Waals surface area contributed by atoms with Crippen LogP contribution in [0.1, 0.15) is 29.1 Å². The molecule has 1 heterocycles. The minimum absolute atomic E-state index is 0.0219. The summed E-state index contributed by atoms with van der Waals surface area (Å²) in [5, 5.41) is 1.91. The summed E-state index contributed by atoms with van der Waals surface area (Å²) in [5.41, 5.74) is 1.01. The molecule has 0 aliphatic carbocycles. The molecule has 0 aliphatic rings. The molecule has 0 spiro atoms.